The molecule has 0 bridgehead atoms. The minimum absolute atomic E-state index is 0.396. The second-order valence-electron chi connectivity index (χ2n) is 7.23. The van der Waals surface area contributed by atoms with E-state index in [2.05, 4.69) is 16.7 Å². The van der Waals surface area contributed by atoms with Gasteiger partial charge in [0.15, 0.2) is 6.10 Å². The lowest BCUT2D eigenvalue weighted by atomic mass is 9.97. The lowest BCUT2D eigenvalue weighted by Crippen LogP contribution is -2.42. The fraction of sp³-hybridized carbons (Fsp3) is 0.667. The molecule has 1 heterocycles. The summed E-state index contributed by atoms with van der Waals surface area (Å²) in [5, 5.41) is 5.22. The van der Waals surface area contributed by atoms with Gasteiger partial charge in [0.1, 0.15) is 12.1 Å². The number of hydrogen-bond acceptors (Lipinski definition) is 5. The number of amides is 4. The van der Waals surface area contributed by atoms with Crippen LogP contribution in [0.5, 0.6) is 0 Å². The molecule has 0 aromatic heterocycles. The molecule has 8 nitrogen and oxygen atoms in total. The smallest absolute Gasteiger partial charge is 0.327 e. The van der Waals surface area contributed by atoms with E-state index in [1.807, 2.05) is 0 Å². The molecule has 2 aliphatic rings. The molecular formula is C18H27N3O5. The molecule has 1 atom stereocenters. The predicted molar refractivity (Wildman–Crippen MR) is 94.1 cm³/mol. The number of esters is 1. The van der Waals surface area contributed by atoms with Gasteiger partial charge < -0.3 is 15.4 Å². The molecule has 8 heteroatoms. The molecule has 1 saturated heterocycles. The van der Waals surface area contributed by atoms with Gasteiger partial charge in [-0.25, -0.2) is 4.79 Å². The number of hydrogen-bond donors (Lipinski definition) is 2. The highest BCUT2D eigenvalue weighted by Gasteiger charge is 2.45. The summed E-state index contributed by atoms with van der Waals surface area (Å²) in [5.41, 5.74) is 0.302. The summed E-state index contributed by atoms with van der Waals surface area (Å²) < 4.78 is 5.04. The molecule has 1 aliphatic heterocycles. The summed E-state index contributed by atoms with van der Waals surface area (Å²) in [6.07, 6.45) is 6.60. The number of carbonyl (C=O) groups excluding carboxylic acids is 4. The van der Waals surface area contributed by atoms with Crippen molar-refractivity contribution in [3.05, 3.63) is 11.6 Å². The largest absolute Gasteiger partial charge is 0.451 e. The van der Waals surface area contributed by atoms with Crippen LogP contribution in [0.2, 0.25) is 0 Å². The average molecular weight is 365 g/mol. The maximum absolute atomic E-state index is 12.0. The number of nitrogens with zero attached hydrogens (tertiary/aromatic N) is 1. The molecule has 0 radical (unpaired) electrons. The Labute approximate surface area is 153 Å². The minimum Gasteiger partial charge on any atom is -0.451 e. The molecule has 0 spiro atoms. The Hall–Kier alpha value is -2.38. The minimum atomic E-state index is -1.05. The van der Waals surface area contributed by atoms with Gasteiger partial charge in [0, 0.05) is 6.54 Å². The number of allylic oxidation sites excluding steroid dienone is 1. The van der Waals surface area contributed by atoms with E-state index in [0.29, 0.717) is 6.54 Å². The average Bonchev–Trinajstić information content (AvgIpc) is 2.77. The van der Waals surface area contributed by atoms with Crippen LogP contribution in [-0.2, 0) is 19.1 Å². The maximum Gasteiger partial charge on any atom is 0.327 e. The summed E-state index contributed by atoms with van der Waals surface area (Å²) >= 11 is 0. The third-order valence-corrected chi connectivity index (χ3v) is 4.54. The van der Waals surface area contributed by atoms with E-state index in [9.17, 15) is 19.2 Å². The van der Waals surface area contributed by atoms with E-state index in [0.717, 1.165) is 24.2 Å². The first-order chi connectivity index (χ1) is 12.2. The van der Waals surface area contributed by atoms with Crippen LogP contribution in [0, 0.1) is 0 Å². The van der Waals surface area contributed by atoms with Crippen LogP contribution in [-0.4, -0.2) is 53.4 Å². The fourth-order valence-corrected chi connectivity index (χ4v) is 3.00. The van der Waals surface area contributed by atoms with Crippen molar-refractivity contribution in [3.8, 4) is 0 Å². The van der Waals surface area contributed by atoms with Crippen LogP contribution in [0.4, 0.5) is 4.79 Å². The highest BCUT2D eigenvalue weighted by Crippen LogP contribution is 2.19. The molecule has 4 amide bonds. The summed E-state index contributed by atoms with van der Waals surface area (Å²) in [5.74, 6) is -1.70. The van der Waals surface area contributed by atoms with Crippen LogP contribution in [0.3, 0.4) is 0 Å². The second kappa shape index (κ2) is 8.33. The number of urea groups is 1. The molecule has 0 aromatic carbocycles. The highest BCUT2D eigenvalue weighted by atomic mass is 16.5. The molecule has 1 fully saturated rings. The molecule has 0 aromatic rings. The van der Waals surface area contributed by atoms with Crippen LogP contribution in [0.15, 0.2) is 11.6 Å². The standard InChI is InChI=1S/C18H27N3O5/c1-12(15(23)19-10-9-13-7-5-4-6-8-13)26-14(22)11-21-16(24)18(2,3)20-17(21)25/h7,12H,4-6,8-11H2,1-3H3,(H,19,23)(H,20,25)/t12-/m0/s1. The van der Waals surface area contributed by atoms with Crippen molar-refractivity contribution in [2.45, 2.75) is 64.5 Å². The van der Waals surface area contributed by atoms with Gasteiger partial charge in [0.25, 0.3) is 11.8 Å². The van der Waals surface area contributed by atoms with Crippen molar-refractivity contribution >= 4 is 23.8 Å². The third kappa shape index (κ3) is 5.06. The van der Waals surface area contributed by atoms with E-state index in [4.69, 9.17) is 4.74 Å². The van der Waals surface area contributed by atoms with Crippen molar-refractivity contribution < 1.29 is 23.9 Å². The van der Waals surface area contributed by atoms with E-state index >= 15 is 0 Å². The number of ether oxygens (including phenoxy) is 1. The van der Waals surface area contributed by atoms with Gasteiger partial charge in [-0.05, 0) is 52.9 Å². The molecule has 0 saturated carbocycles. The van der Waals surface area contributed by atoms with Crippen LogP contribution in [0.25, 0.3) is 0 Å². The third-order valence-electron chi connectivity index (χ3n) is 4.54. The van der Waals surface area contributed by atoms with Crippen LogP contribution >= 0.6 is 0 Å². The van der Waals surface area contributed by atoms with Gasteiger partial charge >= 0.3 is 12.0 Å². The zero-order chi connectivity index (χ0) is 19.3. The zero-order valence-corrected chi connectivity index (χ0v) is 15.6. The summed E-state index contributed by atoms with van der Waals surface area (Å²) in [4.78, 5) is 48.6. The van der Waals surface area contributed by atoms with Gasteiger partial charge in [-0.15, -0.1) is 0 Å². The zero-order valence-electron chi connectivity index (χ0n) is 15.6. The van der Waals surface area contributed by atoms with E-state index in [1.165, 1.54) is 25.3 Å². The first-order valence-corrected chi connectivity index (χ1v) is 9.00. The first kappa shape index (κ1) is 19.9. The topological polar surface area (TPSA) is 105 Å². The molecule has 2 N–H and O–H groups in total. The van der Waals surface area contributed by atoms with Crippen LogP contribution < -0.4 is 10.6 Å². The fourth-order valence-electron chi connectivity index (χ4n) is 3.00. The van der Waals surface area contributed by atoms with Crippen LogP contribution in [0.1, 0.15) is 52.9 Å². The predicted octanol–water partition coefficient (Wildman–Crippen LogP) is 1.26. The van der Waals surface area contributed by atoms with Crippen molar-refractivity contribution in [1.82, 2.24) is 15.5 Å². The Morgan fingerprint density at radius 3 is 2.65 bits per heavy atom. The first-order valence-electron chi connectivity index (χ1n) is 9.00. The van der Waals surface area contributed by atoms with Gasteiger partial charge in [-0.2, -0.15) is 0 Å². The number of carbonyl (C=O) groups is 4. The Morgan fingerprint density at radius 2 is 2.08 bits per heavy atom. The summed E-state index contributed by atoms with van der Waals surface area (Å²) in [6.45, 7) is 4.54. The van der Waals surface area contributed by atoms with Gasteiger partial charge in [0.05, 0.1) is 0 Å². The lowest BCUT2D eigenvalue weighted by molar-refractivity contribution is -0.156. The van der Waals surface area contributed by atoms with Gasteiger partial charge in [-0.3, -0.25) is 19.3 Å². The second-order valence-corrected chi connectivity index (χ2v) is 7.23. The highest BCUT2D eigenvalue weighted by molar-refractivity contribution is 6.08. The van der Waals surface area contributed by atoms with E-state index in [1.54, 1.807) is 13.8 Å². The van der Waals surface area contributed by atoms with Crippen molar-refractivity contribution in [1.29, 1.82) is 0 Å². The number of rotatable bonds is 7. The quantitative estimate of drug-likeness (QED) is 0.401. The van der Waals surface area contributed by atoms with Gasteiger partial charge in [-0.1, -0.05) is 11.6 Å². The van der Waals surface area contributed by atoms with E-state index < -0.39 is 42.0 Å². The summed E-state index contributed by atoms with van der Waals surface area (Å²) in [7, 11) is 0. The Balaban J connectivity index is 1.74. The lowest BCUT2D eigenvalue weighted by Gasteiger charge is -2.18. The van der Waals surface area contributed by atoms with Crippen molar-refractivity contribution in [2.24, 2.45) is 0 Å². The molecular weight excluding hydrogens is 338 g/mol. The maximum atomic E-state index is 12.0. The molecule has 26 heavy (non-hydrogen) atoms. The Kier molecular flexibility index (Phi) is 6.39. The Morgan fingerprint density at radius 1 is 1.35 bits per heavy atom. The molecule has 2 rings (SSSR count). The molecule has 1 aliphatic carbocycles. The van der Waals surface area contributed by atoms with E-state index in [-0.39, 0.29) is 0 Å². The Bertz CT molecular complexity index is 626. The number of imide groups is 1. The summed E-state index contributed by atoms with van der Waals surface area (Å²) in [6, 6.07) is -0.644. The number of nitrogens with one attached hydrogen (secondary N) is 2. The monoisotopic (exact) mass is 365 g/mol. The molecule has 0 unspecified atom stereocenters. The van der Waals surface area contributed by atoms with Crippen molar-refractivity contribution in [2.75, 3.05) is 13.1 Å². The SMILES string of the molecule is C[C@H](OC(=O)CN1C(=O)NC(C)(C)C1=O)C(=O)NCCC1=CCCCC1. The van der Waals surface area contributed by atoms with Crippen molar-refractivity contribution in [3.63, 3.8) is 0 Å². The normalized spacial score (nSPS) is 20.3. The van der Waals surface area contributed by atoms with Gasteiger partial charge in [0.2, 0.25) is 0 Å². The molecule has 144 valence electrons.